The maximum Gasteiger partial charge on any atom is 0.332 e. The molecule has 32 heavy (non-hydrogen) atoms. The number of aromatic nitrogens is 2. The molecular formula is C21H29N5O6. The van der Waals surface area contributed by atoms with Gasteiger partial charge in [0.15, 0.2) is 0 Å². The van der Waals surface area contributed by atoms with Crippen molar-refractivity contribution in [3.8, 4) is 0 Å². The van der Waals surface area contributed by atoms with E-state index in [-0.39, 0.29) is 23.8 Å². The standard InChI is InChI=1S/C21H29N5O6/c1-16(27)32-14-13-25(11-4-5-17-6-8-18(9-7-17)26(30)31)12-10-22-19-15-20(28)24(3)21(29)23(19)2/h6-9,15,22H,4-5,10-14H2,1-3H3. The highest BCUT2D eigenvalue weighted by atomic mass is 16.6. The molecule has 0 saturated carbocycles. The minimum absolute atomic E-state index is 0.0629. The molecule has 0 unspecified atom stereocenters. The minimum Gasteiger partial charge on any atom is -0.465 e. The SMILES string of the molecule is CC(=O)OCCN(CCCc1ccc([N+](=O)[O-])cc1)CCNc1cc(=O)n(C)c(=O)n1C. The molecule has 0 atom stereocenters. The summed E-state index contributed by atoms with van der Waals surface area (Å²) in [4.78, 5) is 47.4. The third-order valence-electron chi connectivity index (χ3n) is 5.06. The molecule has 11 heteroatoms. The molecule has 1 aromatic heterocycles. The van der Waals surface area contributed by atoms with E-state index in [0.29, 0.717) is 25.5 Å². The molecule has 2 rings (SSSR count). The van der Waals surface area contributed by atoms with Crippen molar-refractivity contribution in [2.75, 3.05) is 38.1 Å². The Labute approximate surface area is 185 Å². The van der Waals surface area contributed by atoms with Gasteiger partial charge in [-0.25, -0.2) is 4.79 Å². The molecule has 0 aliphatic rings. The van der Waals surface area contributed by atoms with Crippen LogP contribution in [-0.2, 0) is 30.0 Å². The van der Waals surface area contributed by atoms with Gasteiger partial charge in [0.05, 0.1) is 4.92 Å². The number of carbonyl (C=O) groups excluding carboxylic acids is 1. The van der Waals surface area contributed by atoms with Crippen LogP contribution in [0.4, 0.5) is 11.5 Å². The fraction of sp³-hybridized carbons (Fsp3) is 0.476. The second kappa shape index (κ2) is 11.8. The lowest BCUT2D eigenvalue weighted by Gasteiger charge is -2.23. The lowest BCUT2D eigenvalue weighted by Crippen LogP contribution is -2.38. The molecule has 1 N–H and O–H groups in total. The maximum atomic E-state index is 12.0. The normalized spacial score (nSPS) is 10.9. The number of non-ortho nitro benzene ring substituents is 1. The zero-order chi connectivity index (χ0) is 23.7. The second-order valence-corrected chi connectivity index (χ2v) is 7.40. The van der Waals surface area contributed by atoms with Crippen LogP contribution in [0.2, 0.25) is 0 Å². The Bertz CT molecular complexity index is 1040. The van der Waals surface area contributed by atoms with Crippen molar-refractivity contribution in [1.29, 1.82) is 0 Å². The Morgan fingerprint density at radius 3 is 2.44 bits per heavy atom. The summed E-state index contributed by atoms with van der Waals surface area (Å²) >= 11 is 0. The molecule has 0 fully saturated rings. The Hall–Kier alpha value is -3.47. The van der Waals surface area contributed by atoms with E-state index < -0.39 is 10.6 Å². The first-order chi connectivity index (χ1) is 15.2. The summed E-state index contributed by atoms with van der Waals surface area (Å²) in [5.41, 5.74) is 0.275. The number of ether oxygens (including phenoxy) is 1. The number of anilines is 1. The van der Waals surface area contributed by atoms with E-state index >= 15 is 0 Å². The Balaban J connectivity index is 1.91. The Morgan fingerprint density at radius 2 is 1.81 bits per heavy atom. The van der Waals surface area contributed by atoms with Crippen molar-refractivity contribution in [3.05, 3.63) is 66.8 Å². The molecule has 0 bridgehead atoms. The highest BCUT2D eigenvalue weighted by Crippen LogP contribution is 2.13. The lowest BCUT2D eigenvalue weighted by atomic mass is 10.1. The molecule has 174 valence electrons. The molecule has 1 heterocycles. The number of nitrogens with one attached hydrogen (secondary N) is 1. The first kappa shape index (κ1) is 24.8. The zero-order valence-corrected chi connectivity index (χ0v) is 18.6. The molecule has 0 spiro atoms. The summed E-state index contributed by atoms with van der Waals surface area (Å²) in [6.07, 6.45) is 1.56. The van der Waals surface area contributed by atoms with E-state index in [1.54, 1.807) is 19.2 Å². The average molecular weight is 447 g/mol. The van der Waals surface area contributed by atoms with Crippen molar-refractivity contribution in [2.24, 2.45) is 14.1 Å². The van der Waals surface area contributed by atoms with Gasteiger partial charge in [-0.05, 0) is 24.9 Å². The molecule has 0 amide bonds. The van der Waals surface area contributed by atoms with Crippen LogP contribution < -0.4 is 16.6 Å². The van der Waals surface area contributed by atoms with Crippen LogP contribution in [0.15, 0.2) is 39.9 Å². The van der Waals surface area contributed by atoms with Gasteiger partial charge in [-0.2, -0.15) is 0 Å². The molecule has 0 aliphatic carbocycles. The highest BCUT2D eigenvalue weighted by Gasteiger charge is 2.09. The number of nitro groups is 1. The first-order valence-electron chi connectivity index (χ1n) is 10.3. The van der Waals surface area contributed by atoms with Crippen LogP contribution in [0.25, 0.3) is 0 Å². The van der Waals surface area contributed by atoms with Crippen LogP contribution in [-0.4, -0.2) is 57.7 Å². The van der Waals surface area contributed by atoms with E-state index in [4.69, 9.17) is 4.74 Å². The lowest BCUT2D eigenvalue weighted by molar-refractivity contribution is -0.384. The number of esters is 1. The third kappa shape index (κ3) is 7.34. The minimum atomic E-state index is -0.425. The zero-order valence-electron chi connectivity index (χ0n) is 18.6. The van der Waals surface area contributed by atoms with E-state index in [2.05, 4.69) is 10.2 Å². The van der Waals surface area contributed by atoms with Crippen molar-refractivity contribution in [3.63, 3.8) is 0 Å². The highest BCUT2D eigenvalue weighted by molar-refractivity contribution is 5.65. The van der Waals surface area contributed by atoms with E-state index in [9.17, 15) is 24.5 Å². The quantitative estimate of drug-likeness (QED) is 0.289. The van der Waals surface area contributed by atoms with Crippen molar-refractivity contribution >= 4 is 17.5 Å². The first-order valence-corrected chi connectivity index (χ1v) is 10.3. The number of aryl methyl sites for hydroxylation is 1. The van der Waals surface area contributed by atoms with Gasteiger partial charge in [0.1, 0.15) is 12.4 Å². The predicted octanol–water partition coefficient (Wildman–Crippen LogP) is 0.902. The van der Waals surface area contributed by atoms with Gasteiger partial charge in [0.2, 0.25) is 0 Å². The van der Waals surface area contributed by atoms with Crippen molar-refractivity contribution in [2.45, 2.75) is 19.8 Å². The molecule has 2 aromatic rings. The molecule has 0 aliphatic heterocycles. The van der Waals surface area contributed by atoms with Gasteiger partial charge in [-0.15, -0.1) is 0 Å². The molecule has 11 nitrogen and oxygen atoms in total. The number of carbonyl (C=O) groups is 1. The predicted molar refractivity (Wildman–Crippen MR) is 120 cm³/mol. The van der Waals surface area contributed by atoms with E-state index in [1.807, 2.05) is 0 Å². The molecule has 1 aromatic carbocycles. The summed E-state index contributed by atoms with van der Waals surface area (Å²) in [6, 6.07) is 7.86. The van der Waals surface area contributed by atoms with Gasteiger partial charge in [-0.3, -0.25) is 33.7 Å². The summed E-state index contributed by atoms with van der Waals surface area (Å²) < 4.78 is 7.46. The Morgan fingerprint density at radius 1 is 1.12 bits per heavy atom. The van der Waals surface area contributed by atoms with Crippen LogP contribution in [0, 0.1) is 10.1 Å². The van der Waals surface area contributed by atoms with Gasteiger partial charge in [-0.1, -0.05) is 12.1 Å². The van der Waals surface area contributed by atoms with Crippen LogP contribution in [0.5, 0.6) is 0 Å². The largest absolute Gasteiger partial charge is 0.465 e. The molecular weight excluding hydrogens is 418 g/mol. The summed E-state index contributed by atoms with van der Waals surface area (Å²) in [5, 5.41) is 13.9. The summed E-state index contributed by atoms with van der Waals surface area (Å²) in [7, 11) is 3.02. The van der Waals surface area contributed by atoms with Crippen LogP contribution >= 0.6 is 0 Å². The number of nitrogens with zero attached hydrogens (tertiary/aromatic N) is 4. The smallest absolute Gasteiger partial charge is 0.332 e. The number of benzene rings is 1. The number of hydrogen-bond donors (Lipinski definition) is 1. The fourth-order valence-corrected chi connectivity index (χ4v) is 3.19. The van der Waals surface area contributed by atoms with Crippen LogP contribution in [0.3, 0.4) is 0 Å². The molecule has 0 radical (unpaired) electrons. The maximum absolute atomic E-state index is 12.0. The Kier molecular flexibility index (Phi) is 9.14. The molecule has 0 saturated heterocycles. The van der Waals surface area contributed by atoms with Crippen LogP contribution in [0.1, 0.15) is 18.9 Å². The summed E-state index contributed by atoms with van der Waals surface area (Å²) in [6.45, 7) is 3.96. The van der Waals surface area contributed by atoms with Crippen molar-refractivity contribution in [1.82, 2.24) is 14.0 Å². The van der Waals surface area contributed by atoms with Gasteiger partial charge in [0, 0.05) is 58.9 Å². The second-order valence-electron chi connectivity index (χ2n) is 7.40. The topological polar surface area (TPSA) is 129 Å². The van der Waals surface area contributed by atoms with Gasteiger partial charge >= 0.3 is 11.7 Å². The fourth-order valence-electron chi connectivity index (χ4n) is 3.19. The number of nitro benzene ring substituents is 1. The van der Waals surface area contributed by atoms with Gasteiger partial charge in [0.25, 0.3) is 11.2 Å². The number of rotatable bonds is 12. The van der Waals surface area contributed by atoms with E-state index in [0.717, 1.165) is 29.5 Å². The average Bonchev–Trinajstić information content (AvgIpc) is 2.75. The summed E-state index contributed by atoms with van der Waals surface area (Å²) in [5.74, 6) is 0.0907. The number of hydrogen-bond acceptors (Lipinski definition) is 8. The van der Waals surface area contributed by atoms with E-state index in [1.165, 1.54) is 36.7 Å². The van der Waals surface area contributed by atoms with Gasteiger partial charge < -0.3 is 10.1 Å². The monoisotopic (exact) mass is 447 g/mol. The third-order valence-corrected chi connectivity index (χ3v) is 5.06. The van der Waals surface area contributed by atoms with Crippen molar-refractivity contribution < 1.29 is 14.5 Å².